The molecule has 0 fully saturated rings. The summed E-state index contributed by atoms with van der Waals surface area (Å²) in [5.74, 6) is -3.44. The van der Waals surface area contributed by atoms with Crippen LogP contribution >= 0.6 is 27.5 Å². The molecule has 3 rings (SSSR count). The van der Waals surface area contributed by atoms with Gasteiger partial charge in [0.2, 0.25) is 17.4 Å². The zero-order chi connectivity index (χ0) is 24.7. The van der Waals surface area contributed by atoms with Crippen molar-refractivity contribution in [3.63, 3.8) is 0 Å². The predicted molar refractivity (Wildman–Crippen MR) is 110 cm³/mol. The monoisotopic (exact) mass is 480 g/mol. The molecule has 0 N–H and O–H groups in total. The standard InChI is InChI=1S/C19H14BrClN4O4/c1-9(2)11-5-17(23-8-16(11)27)29-19-12(20)3-10(4-13(19)21)25-18(28)6-15(26)14(7-22)24-25/h3-5,9H,6,8H2,1-2H3/i1D3,5D. The molecule has 0 bridgehead atoms. The number of aliphatic imine (C=N–C) groups is 1. The van der Waals surface area contributed by atoms with Crippen LogP contribution in [0.15, 0.2) is 38.3 Å². The van der Waals surface area contributed by atoms with Gasteiger partial charge in [-0.2, -0.15) is 15.4 Å². The number of carbonyl (C=O) groups is 3. The van der Waals surface area contributed by atoms with E-state index in [1.54, 1.807) is 6.07 Å². The lowest BCUT2D eigenvalue weighted by molar-refractivity contribution is -0.124. The maximum absolute atomic E-state index is 12.2. The molecule has 1 aromatic carbocycles. The second kappa shape index (κ2) is 8.27. The number of hydrogen-bond donors (Lipinski definition) is 0. The first-order chi connectivity index (χ1) is 15.3. The van der Waals surface area contributed by atoms with Gasteiger partial charge < -0.3 is 4.74 Å². The van der Waals surface area contributed by atoms with Gasteiger partial charge in [0, 0.05) is 15.7 Å². The van der Waals surface area contributed by atoms with Crippen LogP contribution in [0.3, 0.4) is 0 Å². The topological polar surface area (TPSA) is 112 Å². The molecule has 2 aliphatic heterocycles. The van der Waals surface area contributed by atoms with Crippen LogP contribution in [0, 0.1) is 17.2 Å². The molecule has 10 heteroatoms. The fraction of sp³-hybridized carbons (Fsp3) is 0.263. The Morgan fingerprint density at radius 3 is 2.83 bits per heavy atom. The van der Waals surface area contributed by atoms with Crippen LogP contribution in [0.2, 0.25) is 5.02 Å². The van der Waals surface area contributed by atoms with E-state index in [1.165, 1.54) is 19.1 Å². The Labute approximate surface area is 185 Å². The number of anilines is 1. The summed E-state index contributed by atoms with van der Waals surface area (Å²) in [5.41, 5.74) is -0.502. The number of nitriles is 1. The third-order valence-electron chi connectivity index (χ3n) is 3.89. The van der Waals surface area contributed by atoms with E-state index in [4.69, 9.17) is 27.1 Å². The lowest BCUT2D eigenvalue weighted by Gasteiger charge is -2.22. The number of carbonyl (C=O) groups excluding carboxylic acids is 3. The number of nitrogens with zero attached hydrogens (tertiary/aromatic N) is 4. The molecule has 0 saturated carbocycles. The van der Waals surface area contributed by atoms with E-state index in [-0.39, 0.29) is 38.9 Å². The summed E-state index contributed by atoms with van der Waals surface area (Å²) >= 11 is 9.55. The number of ketones is 2. The zero-order valence-electron chi connectivity index (χ0n) is 18.8. The summed E-state index contributed by atoms with van der Waals surface area (Å²) in [4.78, 5) is 40.0. The Morgan fingerprint density at radius 1 is 1.41 bits per heavy atom. The summed E-state index contributed by atoms with van der Waals surface area (Å²) in [6.07, 6.45) is -0.526. The Hall–Kier alpha value is -2.83. The number of hydrogen-bond acceptors (Lipinski definition) is 7. The van der Waals surface area contributed by atoms with Crippen molar-refractivity contribution in [2.45, 2.75) is 20.2 Å². The Balaban J connectivity index is 1.97. The molecular weight excluding hydrogens is 464 g/mol. The van der Waals surface area contributed by atoms with Crippen molar-refractivity contribution in [2.24, 2.45) is 16.0 Å². The fourth-order valence-electron chi connectivity index (χ4n) is 2.52. The van der Waals surface area contributed by atoms with Crippen LogP contribution in [-0.2, 0) is 14.4 Å². The summed E-state index contributed by atoms with van der Waals surface area (Å²) in [6, 6.07) is 3.85. The normalized spacial score (nSPS) is 20.8. The van der Waals surface area contributed by atoms with Gasteiger partial charge >= 0.3 is 0 Å². The molecule has 2 aliphatic rings. The van der Waals surface area contributed by atoms with Gasteiger partial charge in [0.05, 0.1) is 23.0 Å². The molecule has 1 unspecified atom stereocenters. The summed E-state index contributed by atoms with van der Waals surface area (Å²) in [5, 5.41) is 13.6. The number of ether oxygens (including phenoxy) is 1. The molecule has 29 heavy (non-hydrogen) atoms. The number of amides is 1. The molecule has 1 aromatic rings. The highest BCUT2D eigenvalue weighted by Gasteiger charge is 2.29. The minimum absolute atomic E-state index is 0.0100. The number of dihydropyridines is 1. The van der Waals surface area contributed by atoms with E-state index in [9.17, 15) is 14.4 Å². The summed E-state index contributed by atoms with van der Waals surface area (Å²) in [6.45, 7) is -1.56. The average Bonchev–Trinajstić information content (AvgIpc) is 2.71. The SMILES string of the molecule is [2H]C1=C(C(C)C([2H])([2H])[2H])C(=O)CN=C1Oc1c(Cl)cc(N2N=C(C#N)C(=O)CC2=O)cc1Br. The lowest BCUT2D eigenvalue weighted by Crippen LogP contribution is -2.36. The van der Waals surface area contributed by atoms with Crippen LogP contribution in [0.1, 0.15) is 25.7 Å². The van der Waals surface area contributed by atoms with Gasteiger partial charge in [-0.1, -0.05) is 25.4 Å². The molecule has 1 atom stereocenters. The highest BCUT2D eigenvalue weighted by atomic mass is 79.9. The maximum Gasteiger partial charge on any atom is 0.255 e. The third-order valence-corrected chi connectivity index (χ3v) is 4.76. The van der Waals surface area contributed by atoms with Gasteiger partial charge in [0.15, 0.2) is 11.5 Å². The van der Waals surface area contributed by atoms with Crippen molar-refractivity contribution >= 4 is 62.3 Å². The number of benzene rings is 1. The largest absolute Gasteiger partial charge is 0.437 e. The van der Waals surface area contributed by atoms with Crippen LogP contribution in [0.4, 0.5) is 5.69 Å². The van der Waals surface area contributed by atoms with E-state index >= 15 is 0 Å². The quantitative estimate of drug-likeness (QED) is 0.615. The predicted octanol–water partition coefficient (Wildman–Crippen LogP) is 3.23. The second-order valence-corrected chi connectivity index (χ2v) is 7.27. The Morgan fingerprint density at radius 2 is 2.17 bits per heavy atom. The van der Waals surface area contributed by atoms with Crippen LogP contribution < -0.4 is 9.75 Å². The summed E-state index contributed by atoms with van der Waals surface area (Å²) in [7, 11) is 0. The Bertz CT molecular complexity index is 1200. The van der Waals surface area contributed by atoms with Crippen molar-refractivity contribution in [2.75, 3.05) is 11.6 Å². The molecule has 0 saturated heterocycles. The van der Waals surface area contributed by atoms with Gasteiger partial charge in [-0.05, 0) is 34.0 Å². The first-order valence-corrected chi connectivity index (χ1v) is 9.32. The highest BCUT2D eigenvalue weighted by molar-refractivity contribution is 9.10. The molecule has 0 aliphatic carbocycles. The molecule has 8 nitrogen and oxygen atoms in total. The van der Waals surface area contributed by atoms with E-state index < -0.39 is 48.4 Å². The van der Waals surface area contributed by atoms with Crippen LogP contribution in [-0.4, -0.2) is 35.6 Å². The van der Waals surface area contributed by atoms with Crippen molar-refractivity contribution < 1.29 is 24.6 Å². The first kappa shape index (κ1) is 16.0. The molecule has 1 amide bonds. The van der Waals surface area contributed by atoms with Crippen LogP contribution in [0.25, 0.3) is 0 Å². The molecule has 0 radical (unpaired) electrons. The van der Waals surface area contributed by atoms with Crippen LogP contribution in [0.5, 0.6) is 5.75 Å². The zero-order valence-corrected chi connectivity index (χ0v) is 17.2. The van der Waals surface area contributed by atoms with Crippen molar-refractivity contribution in [3.8, 4) is 11.8 Å². The average molecular weight is 482 g/mol. The van der Waals surface area contributed by atoms with Gasteiger partial charge in [0.25, 0.3) is 5.91 Å². The van der Waals surface area contributed by atoms with Crippen molar-refractivity contribution in [1.82, 2.24) is 0 Å². The number of rotatable bonds is 3. The molecule has 148 valence electrons. The summed E-state index contributed by atoms with van der Waals surface area (Å²) < 4.78 is 36.8. The second-order valence-electron chi connectivity index (χ2n) is 6.01. The van der Waals surface area contributed by atoms with Gasteiger partial charge in [-0.3, -0.25) is 14.4 Å². The van der Waals surface area contributed by atoms with E-state index in [2.05, 4.69) is 26.0 Å². The van der Waals surface area contributed by atoms with Gasteiger partial charge in [0.1, 0.15) is 12.6 Å². The first-order valence-electron chi connectivity index (χ1n) is 10.2. The molecule has 2 heterocycles. The van der Waals surface area contributed by atoms with E-state index in [1.807, 2.05) is 0 Å². The maximum atomic E-state index is 12.2. The molecule has 0 spiro atoms. The van der Waals surface area contributed by atoms with Gasteiger partial charge in [-0.15, -0.1) is 0 Å². The minimum atomic E-state index is -2.50. The minimum Gasteiger partial charge on any atom is -0.437 e. The smallest absolute Gasteiger partial charge is 0.255 e. The van der Waals surface area contributed by atoms with Crippen molar-refractivity contribution in [1.29, 1.82) is 5.26 Å². The number of Topliss-reactive ketones (excluding diaryl/α,β-unsaturated/α-hetero) is 2. The fourth-order valence-corrected chi connectivity index (χ4v) is 3.41. The Kier molecular flexibility index (Phi) is 4.57. The molecular formula is C19H14BrClN4O4. The highest BCUT2D eigenvalue weighted by Crippen LogP contribution is 2.38. The lowest BCUT2D eigenvalue weighted by atomic mass is 9.97. The third kappa shape index (κ3) is 4.28. The number of hydrazone groups is 1. The van der Waals surface area contributed by atoms with E-state index in [0.717, 1.165) is 5.01 Å². The van der Waals surface area contributed by atoms with E-state index in [0.29, 0.717) is 0 Å². The van der Waals surface area contributed by atoms with Gasteiger partial charge in [-0.25, -0.2) is 4.99 Å². The molecule has 0 aromatic heterocycles. The number of halogens is 2. The van der Waals surface area contributed by atoms with Crippen molar-refractivity contribution in [3.05, 3.63) is 33.3 Å².